The summed E-state index contributed by atoms with van der Waals surface area (Å²) >= 11 is 11.9. The molecule has 110 valence electrons. The van der Waals surface area contributed by atoms with E-state index >= 15 is 0 Å². The van der Waals surface area contributed by atoms with E-state index in [1.54, 1.807) is 12.1 Å². The highest BCUT2D eigenvalue weighted by molar-refractivity contribution is 6.42. The molecule has 0 radical (unpaired) electrons. The van der Waals surface area contributed by atoms with Crippen LogP contribution in [0.15, 0.2) is 18.2 Å². The molecule has 1 saturated heterocycles. The quantitative estimate of drug-likeness (QED) is 0.878. The number of ether oxygens (including phenoxy) is 1. The summed E-state index contributed by atoms with van der Waals surface area (Å²) in [7, 11) is 0. The average Bonchev–Trinajstić information content (AvgIpc) is 2.64. The lowest BCUT2D eigenvalue weighted by atomic mass is 9.93. The minimum atomic E-state index is -0.962. The molecule has 0 saturated carbocycles. The molecule has 0 unspecified atom stereocenters. The number of nitrogens with two attached hydrogens (primary N) is 1. The van der Waals surface area contributed by atoms with Gasteiger partial charge < -0.3 is 20.5 Å². The van der Waals surface area contributed by atoms with E-state index in [9.17, 15) is 9.90 Å². The van der Waals surface area contributed by atoms with E-state index in [2.05, 4.69) is 0 Å². The Morgan fingerprint density at radius 2 is 2.20 bits per heavy atom. The Bertz CT molecular complexity index is 499. The fourth-order valence-electron chi connectivity index (χ4n) is 2.35. The molecule has 7 heteroatoms. The van der Waals surface area contributed by atoms with E-state index < -0.39 is 6.09 Å². The lowest BCUT2D eigenvalue weighted by Crippen LogP contribution is -2.37. The van der Waals surface area contributed by atoms with Crippen LogP contribution in [0.1, 0.15) is 11.5 Å². The van der Waals surface area contributed by atoms with E-state index in [0.29, 0.717) is 36.3 Å². The van der Waals surface area contributed by atoms with Gasteiger partial charge in [-0.2, -0.15) is 0 Å². The zero-order valence-corrected chi connectivity index (χ0v) is 12.3. The van der Waals surface area contributed by atoms with Gasteiger partial charge >= 0.3 is 6.09 Å². The molecule has 1 aromatic rings. The van der Waals surface area contributed by atoms with Gasteiger partial charge in [0.2, 0.25) is 0 Å². The Hall–Kier alpha value is -1.01. The minimum Gasteiger partial charge on any atom is -0.465 e. The third kappa shape index (κ3) is 3.35. The highest BCUT2D eigenvalue weighted by Gasteiger charge is 2.30. The van der Waals surface area contributed by atoms with Crippen molar-refractivity contribution in [3.63, 3.8) is 0 Å². The summed E-state index contributed by atoms with van der Waals surface area (Å²) in [5.41, 5.74) is 6.62. The lowest BCUT2D eigenvalue weighted by molar-refractivity contribution is 0.0572. The maximum absolute atomic E-state index is 11.2. The van der Waals surface area contributed by atoms with E-state index in [0.717, 1.165) is 5.56 Å². The monoisotopic (exact) mass is 318 g/mol. The molecule has 1 aliphatic heterocycles. The van der Waals surface area contributed by atoms with E-state index in [-0.39, 0.29) is 12.0 Å². The van der Waals surface area contributed by atoms with Gasteiger partial charge in [0.1, 0.15) is 0 Å². The Labute approximate surface area is 127 Å². The molecule has 3 N–H and O–H groups in total. The number of halogens is 2. The molecular weight excluding hydrogens is 303 g/mol. The van der Waals surface area contributed by atoms with Crippen LogP contribution in [-0.4, -0.2) is 48.4 Å². The summed E-state index contributed by atoms with van der Waals surface area (Å²) in [6.45, 7) is 1.32. The molecule has 2 atom stereocenters. The Balaban J connectivity index is 2.31. The molecule has 0 bridgehead atoms. The van der Waals surface area contributed by atoms with Crippen molar-refractivity contribution in [3.8, 4) is 0 Å². The first-order valence-electron chi connectivity index (χ1n) is 6.27. The van der Waals surface area contributed by atoms with Crippen LogP contribution in [0.25, 0.3) is 0 Å². The van der Waals surface area contributed by atoms with Gasteiger partial charge in [0.15, 0.2) is 0 Å². The van der Waals surface area contributed by atoms with Crippen LogP contribution in [0.5, 0.6) is 0 Å². The number of carbonyl (C=O) groups is 1. The van der Waals surface area contributed by atoms with Crippen molar-refractivity contribution >= 4 is 29.3 Å². The predicted molar refractivity (Wildman–Crippen MR) is 77.6 cm³/mol. The van der Waals surface area contributed by atoms with Crippen molar-refractivity contribution in [2.75, 3.05) is 26.2 Å². The predicted octanol–water partition coefficient (Wildman–Crippen LogP) is 2.41. The summed E-state index contributed by atoms with van der Waals surface area (Å²) in [4.78, 5) is 12.5. The van der Waals surface area contributed by atoms with Crippen molar-refractivity contribution in [2.45, 2.75) is 12.0 Å². The molecular formula is C13H16Cl2N2O3. The third-order valence-corrected chi connectivity index (χ3v) is 4.17. The van der Waals surface area contributed by atoms with Gasteiger partial charge in [0.25, 0.3) is 0 Å². The SMILES string of the molecule is NC[C@H]1OCCN(C(=O)O)C[C@H]1c1ccc(Cl)c(Cl)c1. The number of hydrogen-bond donors (Lipinski definition) is 2. The van der Waals surface area contributed by atoms with Crippen molar-refractivity contribution in [3.05, 3.63) is 33.8 Å². The van der Waals surface area contributed by atoms with Crippen molar-refractivity contribution < 1.29 is 14.6 Å². The van der Waals surface area contributed by atoms with Gasteiger partial charge in [-0.1, -0.05) is 29.3 Å². The van der Waals surface area contributed by atoms with Gasteiger partial charge in [-0.3, -0.25) is 0 Å². The minimum absolute atomic E-state index is 0.159. The fourth-order valence-corrected chi connectivity index (χ4v) is 2.65. The van der Waals surface area contributed by atoms with Crippen LogP contribution in [-0.2, 0) is 4.74 Å². The van der Waals surface area contributed by atoms with Gasteiger partial charge in [-0.05, 0) is 17.7 Å². The first kappa shape index (κ1) is 15.4. The summed E-state index contributed by atoms with van der Waals surface area (Å²) in [6.07, 6.45) is -1.20. The van der Waals surface area contributed by atoms with Crippen LogP contribution < -0.4 is 5.73 Å². The summed E-state index contributed by atoms with van der Waals surface area (Å²) < 4.78 is 5.66. The van der Waals surface area contributed by atoms with Gasteiger partial charge in [-0.25, -0.2) is 4.79 Å². The van der Waals surface area contributed by atoms with E-state index in [4.69, 9.17) is 33.7 Å². The number of benzene rings is 1. The maximum atomic E-state index is 11.2. The van der Waals surface area contributed by atoms with Crippen LogP contribution in [0.4, 0.5) is 4.79 Å². The Morgan fingerprint density at radius 1 is 1.45 bits per heavy atom. The van der Waals surface area contributed by atoms with Crippen LogP contribution in [0.3, 0.4) is 0 Å². The number of amides is 1. The molecule has 1 aliphatic rings. The first-order valence-corrected chi connectivity index (χ1v) is 7.03. The van der Waals surface area contributed by atoms with Crippen molar-refractivity contribution in [1.82, 2.24) is 4.90 Å². The number of hydrogen-bond acceptors (Lipinski definition) is 3. The smallest absolute Gasteiger partial charge is 0.407 e. The second-order valence-electron chi connectivity index (χ2n) is 4.65. The maximum Gasteiger partial charge on any atom is 0.407 e. The standard InChI is InChI=1S/C13H16Cl2N2O3/c14-10-2-1-8(5-11(10)15)9-7-17(13(18)19)3-4-20-12(9)6-16/h1-2,5,9,12H,3-4,6-7,16H2,(H,18,19)/t9-,12+/m0/s1. The second kappa shape index (κ2) is 6.63. The summed E-state index contributed by atoms with van der Waals surface area (Å²) in [5.74, 6) is -0.159. The second-order valence-corrected chi connectivity index (χ2v) is 5.47. The number of carboxylic acid groups (broad SMARTS) is 1. The molecule has 1 amide bonds. The topological polar surface area (TPSA) is 75.8 Å². The molecule has 0 aliphatic carbocycles. The van der Waals surface area contributed by atoms with Crippen LogP contribution in [0.2, 0.25) is 10.0 Å². The molecule has 2 rings (SSSR count). The molecule has 20 heavy (non-hydrogen) atoms. The highest BCUT2D eigenvalue weighted by atomic mass is 35.5. The highest BCUT2D eigenvalue weighted by Crippen LogP contribution is 2.30. The van der Waals surface area contributed by atoms with Crippen molar-refractivity contribution in [2.24, 2.45) is 5.73 Å². The normalized spacial score (nSPS) is 23.4. The Kier molecular flexibility index (Phi) is 5.10. The van der Waals surface area contributed by atoms with Gasteiger partial charge in [0, 0.05) is 25.6 Å². The first-order chi connectivity index (χ1) is 9.52. The van der Waals surface area contributed by atoms with Crippen LogP contribution >= 0.6 is 23.2 Å². The summed E-state index contributed by atoms with van der Waals surface area (Å²) in [6, 6.07) is 5.27. The van der Waals surface area contributed by atoms with Gasteiger partial charge in [0.05, 0.1) is 22.8 Å². The Morgan fingerprint density at radius 3 is 2.80 bits per heavy atom. The summed E-state index contributed by atoms with van der Waals surface area (Å²) in [5, 5.41) is 10.1. The third-order valence-electron chi connectivity index (χ3n) is 3.43. The van der Waals surface area contributed by atoms with E-state index in [1.807, 2.05) is 6.07 Å². The molecule has 0 aromatic heterocycles. The van der Waals surface area contributed by atoms with Crippen LogP contribution in [0, 0.1) is 0 Å². The van der Waals surface area contributed by atoms with Crippen molar-refractivity contribution in [1.29, 1.82) is 0 Å². The molecule has 1 aromatic carbocycles. The molecule has 0 spiro atoms. The largest absolute Gasteiger partial charge is 0.465 e. The lowest BCUT2D eigenvalue weighted by Gasteiger charge is -2.26. The zero-order valence-electron chi connectivity index (χ0n) is 10.8. The number of rotatable bonds is 2. The fraction of sp³-hybridized carbons (Fsp3) is 0.462. The molecule has 1 fully saturated rings. The van der Waals surface area contributed by atoms with E-state index in [1.165, 1.54) is 4.90 Å². The van der Waals surface area contributed by atoms with Gasteiger partial charge in [-0.15, -0.1) is 0 Å². The average molecular weight is 319 g/mol. The zero-order chi connectivity index (χ0) is 14.7. The molecule has 1 heterocycles. The molecule has 5 nitrogen and oxygen atoms in total. The number of nitrogens with zero attached hydrogens (tertiary/aromatic N) is 1.